The Morgan fingerprint density at radius 2 is 1.71 bits per heavy atom. The molecule has 0 unspecified atom stereocenters. The zero-order valence-corrected chi connectivity index (χ0v) is 17.2. The predicted octanol–water partition coefficient (Wildman–Crippen LogP) is 3.60. The number of aromatic nitrogens is 2. The Morgan fingerprint density at radius 3 is 2.39 bits per heavy atom. The van der Waals surface area contributed by atoms with Crippen molar-refractivity contribution in [3.63, 3.8) is 0 Å². The maximum atomic E-state index is 13.1. The van der Waals surface area contributed by atoms with Gasteiger partial charge in [-0.05, 0) is 54.6 Å². The fourth-order valence-electron chi connectivity index (χ4n) is 3.05. The van der Waals surface area contributed by atoms with Crippen LogP contribution in [-0.4, -0.2) is 31.3 Å². The second kappa shape index (κ2) is 8.11. The van der Waals surface area contributed by atoms with Crippen LogP contribution in [0.15, 0.2) is 77.8 Å². The average Bonchev–Trinajstić information content (AvgIpc) is 2.78. The van der Waals surface area contributed by atoms with Gasteiger partial charge in [0.15, 0.2) is 0 Å². The summed E-state index contributed by atoms with van der Waals surface area (Å²) in [5.41, 5.74) is 3.04. The number of halogens is 1. The molecule has 0 spiro atoms. The van der Waals surface area contributed by atoms with E-state index in [0.29, 0.717) is 33.5 Å². The van der Waals surface area contributed by atoms with Crippen LogP contribution in [-0.2, 0) is 10.0 Å². The molecule has 0 bridgehead atoms. The molecule has 1 amide bonds. The van der Waals surface area contributed by atoms with Gasteiger partial charge in [-0.25, -0.2) is 17.8 Å². The molecule has 0 aliphatic heterocycles. The van der Waals surface area contributed by atoms with E-state index in [1.165, 1.54) is 12.1 Å². The van der Waals surface area contributed by atoms with Gasteiger partial charge in [0.05, 0.1) is 21.7 Å². The molecule has 4 aromatic rings. The largest absolute Gasteiger partial charge is 0.355 e. The van der Waals surface area contributed by atoms with E-state index in [4.69, 9.17) is 0 Å². The lowest BCUT2D eigenvalue weighted by molar-refractivity contribution is 0.0964. The Balaban J connectivity index is 1.66. The maximum absolute atomic E-state index is 13.1. The van der Waals surface area contributed by atoms with E-state index in [1.807, 2.05) is 0 Å². The van der Waals surface area contributed by atoms with Gasteiger partial charge in [-0.2, -0.15) is 0 Å². The topological polar surface area (TPSA) is 101 Å². The number of nitrogens with one attached hydrogen (secondary N) is 2. The third kappa shape index (κ3) is 4.22. The SMILES string of the molecule is CNC(=O)c1cc(-c2ccc(NS(=O)(=O)c3ccc(F)cc3)cc2)nc2cccnc12. The molecular formula is C22H17FN4O3S. The van der Waals surface area contributed by atoms with Gasteiger partial charge in [0, 0.05) is 24.5 Å². The minimum Gasteiger partial charge on any atom is -0.355 e. The number of carbonyl (C=O) groups excluding carboxylic acids is 1. The Kier molecular flexibility index (Phi) is 5.35. The summed E-state index contributed by atoms with van der Waals surface area (Å²) in [5, 5.41) is 2.60. The molecule has 31 heavy (non-hydrogen) atoms. The van der Waals surface area contributed by atoms with Gasteiger partial charge < -0.3 is 5.32 Å². The fourth-order valence-corrected chi connectivity index (χ4v) is 4.11. The van der Waals surface area contributed by atoms with Gasteiger partial charge in [0.1, 0.15) is 11.3 Å². The lowest BCUT2D eigenvalue weighted by atomic mass is 10.1. The van der Waals surface area contributed by atoms with Crippen molar-refractivity contribution in [1.29, 1.82) is 0 Å². The van der Waals surface area contributed by atoms with Gasteiger partial charge in [0.2, 0.25) is 0 Å². The molecule has 156 valence electrons. The summed E-state index contributed by atoms with van der Waals surface area (Å²) in [7, 11) is -2.31. The lowest BCUT2D eigenvalue weighted by Gasteiger charge is -2.10. The minimum absolute atomic E-state index is 0.0445. The number of fused-ring (bicyclic) bond motifs is 1. The highest BCUT2D eigenvalue weighted by Gasteiger charge is 2.16. The highest BCUT2D eigenvalue weighted by molar-refractivity contribution is 7.92. The summed E-state index contributed by atoms with van der Waals surface area (Å²) in [5.74, 6) is -0.798. The first-order valence-corrected chi connectivity index (χ1v) is 10.7. The van der Waals surface area contributed by atoms with Crippen LogP contribution >= 0.6 is 0 Å². The average molecular weight is 436 g/mol. The van der Waals surface area contributed by atoms with Crippen molar-refractivity contribution in [3.8, 4) is 11.3 Å². The van der Waals surface area contributed by atoms with Crippen molar-refractivity contribution in [2.75, 3.05) is 11.8 Å². The lowest BCUT2D eigenvalue weighted by Crippen LogP contribution is -2.18. The molecule has 0 aliphatic carbocycles. The first kappa shape index (κ1) is 20.4. The normalized spacial score (nSPS) is 11.3. The molecule has 9 heteroatoms. The molecule has 0 fully saturated rings. The molecule has 0 atom stereocenters. The number of amides is 1. The number of rotatable bonds is 5. The first-order valence-electron chi connectivity index (χ1n) is 9.24. The van der Waals surface area contributed by atoms with E-state index in [1.54, 1.807) is 55.7 Å². The van der Waals surface area contributed by atoms with E-state index < -0.39 is 15.8 Å². The van der Waals surface area contributed by atoms with Crippen molar-refractivity contribution in [2.24, 2.45) is 0 Å². The molecule has 2 heterocycles. The molecule has 0 aliphatic rings. The summed E-state index contributed by atoms with van der Waals surface area (Å²) >= 11 is 0. The summed E-state index contributed by atoms with van der Waals surface area (Å²) in [6, 6.07) is 16.3. The van der Waals surface area contributed by atoms with E-state index >= 15 is 0 Å². The summed E-state index contributed by atoms with van der Waals surface area (Å²) in [6.45, 7) is 0. The molecule has 4 rings (SSSR count). The summed E-state index contributed by atoms with van der Waals surface area (Å²) in [4.78, 5) is 21.1. The van der Waals surface area contributed by atoms with Crippen molar-refractivity contribution in [1.82, 2.24) is 15.3 Å². The number of hydrogen-bond donors (Lipinski definition) is 2. The van der Waals surface area contributed by atoms with Crippen molar-refractivity contribution in [3.05, 3.63) is 84.3 Å². The van der Waals surface area contributed by atoms with Gasteiger partial charge >= 0.3 is 0 Å². The van der Waals surface area contributed by atoms with Crippen LogP contribution in [0.1, 0.15) is 10.4 Å². The molecule has 2 aromatic heterocycles. The van der Waals surface area contributed by atoms with Crippen molar-refractivity contribution in [2.45, 2.75) is 4.90 Å². The second-order valence-corrected chi connectivity index (χ2v) is 8.32. The number of sulfonamides is 1. The van der Waals surface area contributed by atoms with Gasteiger partial charge in [-0.1, -0.05) is 12.1 Å². The van der Waals surface area contributed by atoms with Crippen LogP contribution < -0.4 is 10.0 Å². The Morgan fingerprint density at radius 1 is 1.00 bits per heavy atom. The predicted molar refractivity (Wildman–Crippen MR) is 116 cm³/mol. The molecule has 0 radical (unpaired) electrons. The number of nitrogens with zero attached hydrogens (tertiary/aromatic N) is 2. The van der Waals surface area contributed by atoms with Crippen LogP contribution in [0.2, 0.25) is 0 Å². The molecule has 2 aromatic carbocycles. The highest BCUT2D eigenvalue weighted by atomic mass is 32.2. The number of benzene rings is 2. The first-order chi connectivity index (χ1) is 14.9. The third-order valence-electron chi connectivity index (χ3n) is 4.59. The summed E-state index contributed by atoms with van der Waals surface area (Å²) < 4.78 is 40.5. The monoisotopic (exact) mass is 436 g/mol. The maximum Gasteiger partial charge on any atom is 0.261 e. The van der Waals surface area contributed by atoms with Crippen LogP contribution in [0.4, 0.5) is 10.1 Å². The zero-order chi connectivity index (χ0) is 22.0. The van der Waals surface area contributed by atoms with Gasteiger partial charge in [-0.15, -0.1) is 0 Å². The number of pyridine rings is 2. The molecule has 0 saturated carbocycles. The van der Waals surface area contributed by atoms with Crippen molar-refractivity contribution >= 4 is 32.7 Å². The van der Waals surface area contributed by atoms with Crippen LogP contribution in [0.3, 0.4) is 0 Å². The fraction of sp³-hybridized carbons (Fsp3) is 0.0455. The standard InChI is InChI=1S/C22H17FN4O3S/c1-24-22(28)18-13-20(26-19-3-2-12-25-21(18)19)14-4-8-16(9-5-14)27-31(29,30)17-10-6-15(23)7-11-17/h2-13,27H,1H3,(H,24,28). The molecule has 0 saturated heterocycles. The van der Waals surface area contributed by atoms with Crippen LogP contribution in [0, 0.1) is 5.82 Å². The number of hydrogen-bond acceptors (Lipinski definition) is 5. The molecular weight excluding hydrogens is 419 g/mol. The zero-order valence-electron chi connectivity index (χ0n) is 16.3. The Labute approximate surface area is 178 Å². The smallest absolute Gasteiger partial charge is 0.261 e. The molecule has 2 N–H and O–H groups in total. The Hall–Kier alpha value is -3.85. The van der Waals surface area contributed by atoms with Gasteiger partial charge in [-0.3, -0.25) is 14.5 Å². The van der Waals surface area contributed by atoms with Crippen LogP contribution in [0.25, 0.3) is 22.3 Å². The second-order valence-electron chi connectivity index (χ2n) is 6.64. The van der Waals surface area contributed by atoms with E-state index in [-0.39, 0.29) is 10.8 Å². The number of anilines is 1. The van der Waals surface area contributed by atoms with Gasteiger partial charge in [0.25, 0.3) is 15.9 Å². The Bertz CT molecular complexity index is 1370. The quantitative estimate of drug-likeness (QED) is 0.498. The van der Waals surface area contributed by atoms with E-state index in [2.05, 4.69) is 20.0 Å². The number of carbonyl (C=O) groups is 1. The summed E-state index contributed by atoms with van der Waals surface area (Å²) in [6.07, 6.45) is 1.60. The van der Waals surface area contributed by atoms with Crippen molar-refractivity contribution < 1.29 is 17.6 Å². The third-order valence-corrected chi connectivity index (χ3v) is 5.99. The highest BCUT2D eigenvalue weighted by Crippen LogP contribution is 2.26. The van der Waals surface area contributed by atoms with E-state index in [0.717, 1.165) is 12.1 Å². The van der Waals surface area contributed by atoms with Crippen LogP contribution in [0.5, 0.6) is 0 Å². The minimum atomic E-state index is -3.85. The molecule has 7 nitrogen and oxygen atoms in total. The van der Waals surface area contributed by atoms with E-state index in [9.17, 15) is 17.6 Å².